The largest absolute Gasteiger partial charge is 0.496 e. The first-order valence-electron chi connectivity index (χ1n) is 9.24. The van der Waals surface area contributed by atoms with Crippen LogP contribution in [0.25, 0.3) is 11.3 Å². The van der Waals surface area contributed by atoms with Crippen LogP contribution in [-0.4, -0.2) is 42.1 Å². The standard InChI is InChI=1S/C22H22N2O3S/c1-15-12-24(22(25)16-8-4-3-5-9-16)13-20(27-15)21-23-18(14-28-21)17-10-6-7-11-19(17)26-2/h3-11,14-15,20H,12-13H2,1-2H3/t15-,20-/m1/s1. The Balaban J connectivity index is 1.56. The smallest absolute Gasteiger partial charge is 0.254 e. The summed E-state index contributed by atoms with van der Waals surface area (Å²) in [5.74, 6) is 0.820. The quantitative estimate of drug-likeness (QED) is 0.657. The van der Waals surface area contributed by atoms with Crippen molar-refractivity contribution in [3.05, 3.63) is 70.5 Å². The summed E-state index contributed by atoms with van der Waals surface area (Å²) in [6.45, 7) is 3.07. The fourth-order valence-electron chi connectivity index (χ4n) is 3.43. The molecule has 0 aliphatic carbocycles. The first-order chi connectivity index (χ1) is 13.7. The summed E-state index contributed by atoms with van der Waals surface area (Å²) in [7, 11) is 1.66. The molecule has 144 valence electrons. The summed E-state index contributed by atoms with van der Waals surface area (Å²) in [5.41, 5.74) is 2.51. The van der Waals surface area contributed by atoms with Gasteiger partial charge in [0.1, 0.15) is 16.9 Å². The van der Waals surface area contributed by atoms with E-state index >= 15 is 0 Å². The van der Waals surface area contributed by atoms with Crippen LogP contribution in [0.3, 0.4) is 0 Å². The van der Waals surface area contributed by atoms with Crippen molar-refractivity contribution >= 4 is 17.2 Å². The molecule has 1 fully saturated rings. The number of amides is 1. The van der Waals surface area contributed by atoms with Gasteiger partial charge in [0.05, 0.1) is 25.5 Å². The number of hydrogen-bond acceptors (Lipinski definition) is 5. The van der Waals surface area contributed by atoms with Gasteiger partial charge in [0.15, 0.2) is 0 Å². The highest BCUT2D eigenvalue weighted by molar-refractivity contribution is 7.10. The van der Waals surface area contributed by atoms with Crippen molar-refractivity contribution in [2.75, 3.05) is 20.2 Å². The van der Waals surface area contributed by atoms with Crippen LogP contribution in [0.1, 0.15) is 28.4 Å². The van der Waals surface area contributed by atoms with Gasteiger partial charge in [-0.15, -0.1) is 11.3 Å². The number of morpholine rings is 1. The molecule has 1 aliphatic heterocycles. The van der Waals surface area contributed by atoms with Crippen LogP contribution in [0, 0.1) is 0 Å². The molecular formula is C22H22N2O3S. The number of thiazole rings is 1. The van der Waals surface area contributed by atoms with Crippen LogP contribution in [0.15, 0.2) is 60.0 Å². The molecule has 1 aliphatic rings. The van der Waals surface area contributed by atoms with Crippen molar-refractivity contribution in [1.29, 1.82) is 0 Å². The average molecular weight is 394 g/mol. The van der Waals surface area contributed by atoms with E-state index in [1.807, 2.05) is 71.8 Å². The summed E-state index contributed by atoms with van der Waals surface area (Å²) in [6, 6.07) is 17.2. The van der Waals surface area contributed by atoms with Crippen molar-refractivity contribution < 1.29 is 14.3 Å². The zero-order valence-electron chi connectivity index (χ0n) is 15.9. The molecule has 0 unspecified atom stereocenters. The van der Waals surface area contributed by atoms with Gasteiger partial charge in [0, 0.05) is 23.1 Å². The van der Waals surface area contributed by atoms with E-state index in [1.165, 1.54) is 0 Å². The van der Waals surface area contributed by atoms with Gasteiger partial charge in [-0.3, -0.25) is 4.79 Å². The normalized spacial score (nSPS) is 19.4. The first kappa shape index (κ1) is 18.7. The van der Waals surface area contributed by atoms with Gasteiger partial charge in [-0.2, -0.15) is 0 Å². The molecule has 0 N–H and O–H groups in total. The zero-order valence-corrected chi connectivity index (χ0v) is 16.7. The van der Waals surface area contributed by atoms with Crippen molar-refractivity contribution in [2.24, 2.45) is 0 Å². The van der Waals surface area contributed by atoms with Gasteiger partial charge in [-0.25, -0.2) is 4.98 Å². The molecule has 1 saturated heterocycles. The molecule has 0 spiro atoms. The molecule has 1 aromatic heterocycles. The number of methoxy groups -OCH3 is 1. The second-order valence-corrected chi connectivity index (χ2v) is 7.67. The molecule has 0 saturated carbocycles. The minimum Gasteiger partial charge on any atom is -0.496 e. The van der Waals surface area contributed by atoms with Gasteiger partial charge in [-0.1, -0.05) is 30.3 Å². The summed E-state index contributed by atoms with van der Waals surface area (Å²) in [4.78, 5) is 19.5. The number of aromatic nitrogens is 1. The van der Waals surface area contributed by atoms with E-state index in [1.54, 1.807) is 18.4 Å². The topological polar surface area (TPSA) is 51.7 Å². The number of hydrogen-bond donors (Lipinski definition) is 0. The van der Waals surface area contributed by atoms with E-state index in [9.17, 15) is 4.79 Å². The molecule has 6 heteroatoms. The van der Waals surface area contributed by atoms with Crippen LogP contribution in [0.4, 0.5) is 0 Å². The number of benzene rings is 2. The molecule has 3 aromatic rings. The van der Waals surface area contributed by atoms with Crippen LogP contribution >= 0.6 is 11.3 Å². The van der Waals surface area contributed by atoms with Crippen molar-refractivity contribution in [3.63, 3.8) is 0 Å². The highest BCUT2D eigenvalue weighted by Crippen LogP contribution is 2.34. The number of carbonyl (C=O) groups excluding carboxylic acids is 1. The lowest BCUT2D eigenvalue weighted by Gasteiger charge is -2.36. The minimum absolute atomic E-state index is 0.0299. The summed E-state index contributed by atoms with van der Waals surface area (Å²) >= 11 is 1.55. The lowest BCUT2D eigenvalue weighted by Crippen LogP contribution is -2.45. The second-order valence-electron chi connectivity index (χ2n) is 6.78. The number of ether oxygens (including phenoxy) is 2. The molecule has 0 radical (unpaired) electrons. The number of carbonyl (C=O) groups is 1. The van der Waals surface area contributed by atoms with E-state index < -0.39 is 0 Å². The fraction of sp³-hybridized carbons (Fsp3) is 0.273. The Morgan fingerprint density at radius 2 is 1.89 bits per heavy atom. The van der Waals surface area contributed by atoms with E-state index in [0.717, 1.165) is 22.0 Å². The maximum absolute atomic E-state index is 12.9. The molecular weight excluding hydrogens is 372 g/mol. The molecule has 1 amide bonds. The van der Waals surface area contributed by atoms with Crippen molar-refractivity contribution in [1.82, 2.24) is 9.88 Å². The van der Waals surface area contributed by atoms with Gasteiger partial charge in [0.25, 0.3) is 5.91 Å². The van der Waals surface area contributed by atoms with Gasteiger partial charge >= 0.3 is 0 Å². The molecule has 28 heavy (non-hydrogen) atoms. The Hall–Kier alpha value is -2.70. The number of para-hydroxylation sites is 1. The van der Waals surface area contributed by atoms with E-state index in [4.69, 9.17) is 14.5 Å². The van der Waals surface area contributed by atoms with Crippen LogP contribution in [0.2, 0.25) is 0 Å². The Morgan fingerprint density at radius 3 is 2.68 bits per heavy atom. The molecule has 0 bridgehead atoms. The Kier molecular flexibility index (Phi) is 5.41. The lowest BCUT2D eigenvalue weighted by molar-refractivity contribution is -0.0691. The summed E-state index contributed by atoms with van der Waals surface area (Å²) in [5, 5.41) is 2.89. The van der Waals surface area contributed by atoms with E-state index in [2.05, 4.69) is 0 Å². The van der Waals surface area contributed by atoms with Crippen molar-refractivity contribution in [2.45, 2.75) is 19.1 Å². The SMILES string of the molecule is COc1ccccc1-c1csc([C@H]2CN(C(=O)c3ccccc3)C[C@@H](C)O2)n1. The van der Waals surface area contributed by atoms with Gasteiger partial charge < -0.3 is 14.4 Å². The Labute approximate surface area is 168 Å². The Morgan fingerprint density at radius 1 is 1.14 bits per heavy atom. The summed E-state index contributed by atoms with van der Waals surface area (Å²) < 4.78 is 11.6. The molecule has 2 heterocycles. The molecule has 2 atom stereocenters. The Bertz CT molecular complexity index is 957. The fourth-order valence-corrected chi connectivity index (χ4v) is 4.28. The van der Waals surface area contributed by atoms with Crippen LogP contribution < -0.4 is 4.74 Å². The third-order valence-corrected chi connectivity index (χ3v) is 5.69. The molecule has 5 nitrogen and oxygen atoms in total. The highest BCUT2D eigenvalue weighted by Gasteiger charge is 2.31. The van der Waals surface area contributed by atoms with Crippen molar-refractivity contribution in [3.8, 4) is 17.0 Å². The zero-order chi connectivity index (χ0) is 19.5. The first-order valence-corrected chi connectivity index (χ1v) is 10.1. The highest BCUT2D eigenvalue weighted by atomic mass is 32.1. The van der Waals surface area contributed by atoms with Gasteiger partial charge in [0.2, 0.25) is 0 Å². The minimum atomic E-state index is -0.232. The predicted octanol–water partition coefficient (Wildman–Crippen LogP) is 4.42. The maximum Gasteiger partial charge on any atom is 0.254 e. The van der Waals surface area contributed by atoms with Crippen LogP contribution in [-0.2, 0) is 4.74 Å². The maximum atomic E-state index is 12.9. The van der Waals surface area contributed by atoms with Gasteiger partial charge in [-0.05, 0) is 31.2 Å². The number of rotatable bonds is 4. The third-order valence-electron chi connectivity index (χ3n) is 4.75. The third kappa shape index (κ3) is 3.79. The number of nitrogens with zero attached hydrogens (tertiary/aromatic N) is 2. The van der Waals surface area contributed by atoms with E-state index in [0.29, 0.717) is 18.7 Å². The average Bonchev–Trinajstić information content (AvgIpc) is 3.23. The summed E-state index contributed by atoms with van der Waals surface area (Å²) in [6.07, 6.45) is -0.283. The van der Waals surface area contributed by atoms with Crippen LogP contribution in [0.5, 0.6) is 5.75 Å². The monoisotopic (exact) mass is 394 g/mol. The predicted molar refractivity (Wildman–Crippen MR) is 110 cm³/mol. The lowest BCUT2D eigenvalue weighted by atomic mass is 10.1. The molecule has 4 rings (SSSR count). The molecule has 2 aromatic carbocycles. The second kappa shape index (κ2) is 8.12. The van der Waals surface area contributed by atoms with E-state index in [-0.39, 0.29) is 18.1 Å².